The van der Waals surface area contributed by atoms with E-state index >= 15 is 0 Å². The fourth-order valence-electron chi connectivity index (χ4n) is 2.97. The minimum absolute atomic E-state index is 0.230. The first-order valence-electron chi connectivity index (χ1n) is 8.54. The highest BCUT2D eigenvalue weighted by Gasteiger charge is 2.26. The van der Waals surface area contributed by atoms with Crippen LogP contribution < -0.4 is 5.32 Å². The molecule has 2 heterocycles. The van der Waals surface area contributed by atoms with Gasteiger partial charge in [0.05, 0.1) is 29.3 Å². The molecule has 0 spiro atoms. The van der Waals surface area contributed by atoms with Gasteiger partial charge in [0.25, 0.3) is 0 Å². The van der Waals surface area contributed by atoms with E-state index in [0.717, 1.165) is 0 Å². The van der Waals surface area contributed by atoms with Crippen LogP contribution in [-0.2, 0) is 14.8 Å². The number of benzene rings is 2. The minimum Gasteiger partial charge on any atom is -0.379 e. The standard InChI is InChI=1S/C19H18FN3O3S/c20-16-3-1-2-4-18(16)22-19-8-5-14-13-15(6-7-17(14)21-19)27(24,25)23-9-11-26-12-10-23/h1-8,13H,9-12H2,(H,21,22). The van der Waals surface area contributed by atoms with E-state index in [9.17, 15) is 12.8 Å². The van der Waals surface area contributed by atoms with Gasteiger partial charge in [-0.3, -0.25) is 0 Å². The van der Waals surface area contributed by atoms with Gasteiger partial charge in [0.1, 0.15) is 11.6 Å². The number of sulfonamides is 1. The SMILES string of the molecule is O=S(=O)(c1ccc2nc(Nc3ccccc3F)ccc2c1)N1CCOCC1. The molecule has 27 heavy (non-hydrogen) atoms. The molecule has 1 saturated heterocycles. The molecular weight excluding hydrogens is 369 g/mol. The highest BCUT2D eigenvalue weighted by Crippen LogP contribution is 2.24. The smallest absolute Gasteiger partial charge is 0.243 e. The Morgan fingerprint density at radius 1 is 1.04 bits per heavy atom. The molecule has 0 saturated carbocycles. The highest BCUT2D eigenvalue weighted by atomic mass is 32.2. The molecule has 1 N–H and O–H groups in total. The predicted octanol–water partition coefficient (Wildman–Crippen LogP) is 3.14. The molecule has 1 aliphatic rings. The Labute approximate surface area is 156 Å². The summed E-state index contributed by atoms with van der Waals surface area (Å²) in [5.74, 6) is 0.114. The molecule has 0 amide bonds. The third kappa shape index (κ3) is 3.64. The van der Waals surface area contributed by atoms with Crippen molar-refractivity contribution in [2.75, 3.05) is 31.6 Å². The number of aromatic nitrogens is 1. The van der Waals surface area contributed by atoms with Gasteiger partial charge in [-0.1, -0.05) is 12.1 Å². The third-order valence-corrected chi connectivity index (χ3v) is 6.30. The number of pyridine rings is 1. The molecule has 4 rings (SSSR count). The number of rotatable bonds is 4. The summed E-state index contributed by atoms with van der Waals surface area (Å²) < 4.78 is 46.0. The lowest BCUT2D eigenvalue weighted by atomic mass is 10.2. The van der Waals surface area contributed by atoms with Gasteiger partial charge in [0.2, 0.25) is 10.0 Å². The Bertz CT molecular complexity index is 1080. The molecule has 140 valence electrons. The number of nitrogens with zero attached hydrogens (tertiary/aromatic N) is 2. The summed E-state index contributed by atoms with van der Waals surface area (Å²) in [6.07, 6.45) is 0. The fraction of sp³-hybridized carbons (Fsp3) is 0.211. The minimum atomic E-state index is -3.56. The van der Waals surface area contributed by atoms with Crippen molar-refractivity contribution in [2.24, 2.45) is 0 Å². The Hall–Kier alpha value is -2.55. The molecular formula is C19H18FN3O3S. The number of hydrogen-bond acceptors (Lipinski definition) is 5. The second-order valence-electron chi connectivity index (χ2n) is 6.17. The van der Waals surface area contributed by atoms with Gasteiger partial charge in [-0.05, 0) is 42.5 Å². The van der Waals surface area contributed by atoms with Crippen LogP contribution in [-0.4, -0.2) is 44.0 Å². The molecule has 0 bridgehead atoms. The van der Waals surface area contributed by atoms with Crippen molar-refractivity contribution in [1.29, 1.82) is 0 Å². The van der Waals surface area contributed by atoms with E-state index in [4.69, 9.17) is 4.74 Å². The van der Waals surface area contributed by atoms with E-state index < -0.39 is 10.0 Å². The number of anilines is 2. The number of morpholine rings is 1. The average Bonchev–Trinajstić information content (AvgIpc) is 2.70. The van der Waals surface area contributed by atoms with Gasteiger partial charge in [0, 0.05) is 18.5 Å². The van der Waals surface area contributed by atoms with Crippen LogP contribution in [0.5, 0.6) is 0 Å². The van der Waals surface area contributed by atoms with Crippen LogP contribution in [0.15, 0.2) is 59.5 Å². The molecule has 6 nitrogen and oxygen atoms in total. The van der Waals surface area contributed by atoms with Gasteiger partial charge in [0.15, 0.2) is 0 Å². The van der Waals surface area contributed by atoms with E-state index in [0.29, 0.717) is 48.7 Å². The number of halogens is 1. The van der Waals surface area contributed by atoms with E-state index in [1.807, 2.05) is 0 Å². The molecule has 0 unspecified atom stereocenters. The molecule has 1 fully saturated rings. The van der Waals surface area contributed by atoms with Gasteiger partial charge in [-0.2, -0.15) is 4.31 Å². The van der Waals surface area contributed by atoms with Crippen LogP contribution in [0, 0.1) is 5.82 Å². The van der Waals surface area contributed by atoms with Crippen molar-refractivity contribution in [3.63, 3.8) is 0 Å². The number of fused-ring (bicyclic) bond motifs is 1. The maximum absolute atomic E-state index is 13.8. The number of para-hydroxylation sites is 1. The van der Waals surface area contributed by atoms with Gasteiger partial charge in [-0.25, -0.2) is 17.8 Å². The number of nitrogens with one attached hydrogen (secondary N) is 1. The summed E-state index contributed by atoms with van der Waals surface area (Å²) in [6, 6.07) is 14.6. The van der Waals surface area contributed by atoms with Gasteiger partial charge in [-0.15, -0.1) is 0 Å². The van der Waals surface area contributed by atoms with Crippen LogP contribution >= 0.6 is 0 Å². The van der Waals surface area contributed by atoms with E-state index in [1.54, 1.807) is 48.5 Å². The van der Waals surface area contributed by atoms with Crippen molar-refractivity contribution in [2.45, 2.75) is 4.90 Å². The van der Waals surface area contributed by atoms with E-state index in [-0.39, 0.29) is 10.7 Å². The molecule has 8 heteroatoms. The summed E-state index contributed by atoms with van der Waals surface area (Å²) in [6.45, 7) is 1.51. The fourth-order valence-corrected chi connectivity index (χ4v) is 4.41. The van der Waals surface area contributed by atoms with Crippen LogP contribution in [0.25, 0.3) is 10.9 Å². The first kappa shape index (κ1) is 17.8. The largest absolute Gasteiger partial charge is 0.379 e. The summed E-state index contributed by atoms with van der Waals surface area (Å²) >= 11 is 0. The number of ether oxygens (including phenoxy) is 1. The van der Waals surface area contributed by atoms with Crippen LogP contribution in [0.4, 0.5) is 15.9 Å². The zero-order valence-electron chi connectivity index (χ0n) is 14.4. The third-order valence-electron chi connectivity index (χ3n) is 4.41. The Morgan fingerprint density at radius 2 is 1.81 bits per heavy atom. The molecule has 0 atom stereocenters. The lowest BCUT2D eigenvalue weighted by Gasteiger charge is -2.26. The molecule has 1 aliphatic heterocycles. The predicted molar refractivity (Wildman–Crippen MR) is 101 cm³/mol. The second kappa shape index (κ2) is 7.22. The van der Waals surface area contributed by atoms with Crippen LogP contribution in [0.2, 0.25) is 0 Å². The van der Waals surface area contributed by atoms with E-state index in [2.05, 4.69) is 10.3 Å². The second-order valence-corrected chi connectivity index (χ2v) is 8.11. The Kier molecular flexibility index (Phi) is 4.77. The lowest BCUT2D eigenvalue weighted by molar-refractivity contribution is 0.0730. The summed E-state index contributed by atoms with van der Waals surface area (Å²) in [7, 11) is -3.56. The van der Waals surface area contributed by atoms with E-state index in [1.165, 1.54) is 10.4 Å². The zero-order chi connectivity index (χ0) is 18.9. The summed E-state index contributed by atoms with van der Waals surface area (Å²) in [5.41, 5.74) is 0.952. The Balaban J connectivity index is 1.63. The van der Waals surface area contributed by atoms with Gasteiger partial charge >= 0.3 is 0 Å². The maximum Gasteiger partial charge on any atom is 0.243 e. The maximum atomic E-state index is 13.8. The molecule has 3 aromatic rings. The topological polar surface area (TPSA) is 71.5 Å². The van der Waals surface area contributed by atoms with Crippen LogP contribution in [0.3, 0.4) is 0 Å². The first-order valence-corrected chi connectivity index (χ1v) is 9.98. The Morgan fingerprint density at radius 3 is 2.59 bits per heavy atom. The zero-order valence-corrected chi connectivity index (χ0v) is 15.2. The average molecular weight is 387 g/mol. The monoisotopic (exact) mass is 387 g/mol. The molecule has 0 radical (unpaired) electrons. The van der Waals surface area contributed by atoms with Crippen molar-refractivity contribution >= 4 is 32.4 Å². The van der Waals surface area contributed by atoms with Crippen LogP contribution in [0.1, 0.15) is 0 Å². The van der Waals surface area contributed by atoms with Crippen molar-refractivity contribution < 1.29 is 17.5 Å². The normalized spacial score (nSPS) is 15.7. The highest BCUT2D eigenvalue weighted by molar-refractivity contribution is 7.89. The van der Waals surface area contributed by atoms with Gasteiger partial charge < -0.3 is 10.1 Å². The molecule has 1 aromatic heterocycles. The first-order chi connectivity index (χ1) is 13.0. The van der Waals surface area contributed by atoms with Crippen molar-refractivity contribution in [3.05, 3.63) is 60.4 Å². The summed E-state index contributed by atoms with van der Waals surface area (Å²) in [4.78, 5) is 4.67. The number of hydrogen-bond donors (Lipinski definition) is 1. The molecule has 2 aromatic carbocycles. The lowest BCUT2D eigenvalue weighted by Crippen LogP contribution is -2.40. The van der Waals surface area contributed by atoms with Crippen molar-refractivity contribution in [3.8, 4) is 0 Å². The quantitative estimate of drug-likeness (QED) is 0.745. The summed E-state index contributed by atoms with van der Waals surface area (Å²) in [5, 5.41) is 3.63. The molecule has 0 aliphatic carbocycles. The van der Waals surface area contributed by atoms with Crippen molar-refractivity contribution in [1.82, 2.24) is 9.29 Å².